The van der Waals surface area contributed by atoms with Crippen LogP contribution < -0.4 is 5.48 Å². The molecular weight excluding hydrogens is 346 g/mol. The van der Waals surface area contributed by atoms with E-state index in [4.69, 9.17) is 9.94 Å². The van der Waals surface area contributed by atoms with E-state index in [0.29, 0.717) is 5.56 Å². The fourth-order valence-electron chi connectivity index (χ4n) is 2.72. The topological polar surface area (TPSA) is 99.0 Å². The highest BCUT2D eigenvalue weighted by Gasteiger charge is 2.46. The first-order chi connectivity index (χ1) is 13.1. The molecule has 0 saturated carbocycles. The van der Waals surface area contributed by atoms with Crippen LogP contribution in [0.3, 0.4) is 0 Å². The molecule has 0 radical (unpaired) electrons. The normalized spacial score (nSPS) is 23.5. The number of hydrogen-bond donors (Lipinski definition) is 4. The summed E-state index contributed by atoms with van der Waals surface area (Å²) in [4.78, 5) is 11.5. The van der Waals surface area contributed by atoms with Gasteiger partial charge >= 0.3 is 0 Å². The van der Waals surface area contributed by atoms with Gasteiger partial charge in [0, 0.05) is 11.1 Å². The number of benzene rings is 2. The predicted molar refractivity (Wildman–Crippen MR) is 96.2 cm³/mol. The number of carbonyl (C=O) groups is 1. The van der Waals surface area contributed by atoms with Gasteiger partial charge in [-0.05, 0) is 41.7 Å². The second kappa shape index (κ2) is 8.50. The van der Waals surface area contributed by atoms with Crippen LogP contribution in [-0.4, -0.2) is 39.6 Å². The van der Waals surface area contributed by atoms with Gasteiger partial charge in [-0.2, -0.15) is 0 Å². The summed E-state index contributed by atoms with van der Waals surface area (Å²) in [5.41, 5.74) is 3.60. The van der Waals surface area contributed by atoms with Crippen molar-refractivity contribution in [2.45, 2.75) is 24.4 Å². The van der Waals surface area contributed by atoms with Gasteiger partial charge in [0.15, 0.2) is 6.10 Å². The van der Waals surface area contributed by atoms with E-state index < -0.39 is 30.3 Å². The van der Waals surface area contributed by atoms with E-state index in [-0.39, 0.29) is 0 Å². The Balaban J connectivity index is 1.69. The highest BCUT2D eigenvalue weighted by Crippen LogP contribution is 2.33. The van der Waals surface area contributed by atoms with Crippen LogP contribution in [0.5, 0.6) is 0 Å². The first-order valence-electron chi connectivity index (χ1n) is 8.22. The van der Waals surface area contributed by atoms with Crippen LogP contribution in [0.25, 0.3) is 0 Å². The molecule has 4 atom stereocenters. The minimum absolute atomic E-state index is 0.579. The first kappa shape index (κ1) is 18.7. The van der Waals surface area contributed by atoms with Gasteiger partial charge in [-0.15, -0.1) is 0 Å². The first-order valence-corrected chi connectivity index (χ1v) is 8.22. The molecule has 27 heavy (non-hydrogen) atoms. The van der Waals surface area contributed by atoms with Crippen molar-refractivity contribution in [1.82, 2.24) is 5.48 Å². The molecule has 1 aliphatic rings. The molecule has 136 valence electrons. The Morgan fingerprint density at radius 3 is 2.07 bits per heavy atom. The molecule has 2 aromatic rings. The molecule has 0 bridgehead atoms. The highest BCUT2D eigenvalue weighted by molar-refractivity contribution is 5.80. The maximum absolute atomic E-state index is 11.5. The number of aliphatic hydroxyl groups is 2. The van der Waals surface area contributed by atoms with Crippen LogP contribution in [0.1, 0.15) is 22.8 Å². The minimum Gasteiger partial charge on any atom is -0.387 e. The zero-order chi connectivity index (χ0) is 19.2. The number of ether oxygens (including phenoxy) is 1. The summed E-state index contributed by atoms with van der Waals surface area (Å²) in [6.07, 6.45) is -4.96. The number of aliphatic hydroxyl groups excluding tert-OH is 2. The maximum Gasteiger partial charge on any atom is 0.275 e. The lowest BCUT2D eigenvalue weighted by Crippen LogP contribution is -2.41. The van der Waals surface area contributed by atoms with E-state index in [1.807, 2.05) is 30.3 Å². The summed E-state index contributed by atoms with van der Waals surface area (Å²) in [6, 6.07) is 16.4. The van der Waals surface area contributed by atoms with E-state index in [1.165, 1.54) is 5.48 Å². The lowest BCUT2D eigenvalue weighted by molar-refractivity contribution is -0.144. The Hall–Kier alpha value is -3.13. The van der Waals surface area contributed by atoms with Crippen molar-refractivity contribution in [3.05, 3.63) is 71.3 Å². The molecule has 4 N–H and O–H groups in total. The van der Waals surface area contributed by atoms with E-state index in [2.05, 4.69) is 23.7 Å². The fraction of sp³-hybridized carbons (Fsp3) is 0.190. The van der Waals surface area contributed by atoms with Crippen LogP contribution in [-0.2, 0) is 9.53 Å². The molecule has 1 fully saturated rings. The van der Waals surface area contributed by atoms with E-state index in [9.17, 15) is 15.0 Å². The zero-order valence-corrected chi connectivity index (χ0v) is 14.2. The van der Waals surface area contributed by atoms with Crippen molar-refractivity contribution in [3.63, 3.8) is 0 Å². The Labute approximate surface area is 156 Å². The molecule has 6 heteroatoms. The molecular formula is C21H17NO5. The summed E-state index contributed by atoms with van der Waals surface area (Å²) in [5.74, 6) is 10.5. The highest BCUT2D eigenvalue weighted by atomic mass is 16.6. The third-order valence-electron chi connectivity index (χ3n) is 4.12. The van der Waals surface area contributed by atoms with Crippen LogP contribution in [0, 0.1) is 23.7 Å². The Kier molecular flexibility index (Phi) is 5.87. The summed E-state index contributed by atoms with van der Waals surface area (Å²) in [5, 5.41) is 28.7. The van der Waals surface area contributed by atoms with E-state index in [1.54, 1.807) is 24.3 Å². The molecule has 1 heterocycles. The summed E-state index contributed by atoms with van der Waals surface area (Å²) in [7, 11) is 0. The number of hydroxylamine groups is 1. The Morgan fingerprint density at radius 2 is 1.48 bits per heavy atom. The third kappa shape index (κ3) is 4.35. The summed E-state index contributed by atoms with van der Waals surface area (Å²) < 4.78 is 5.38. The van der Waals surface area contributed by atoms with Gasteiger partial charge in [0.1, 0.15) is 18.3 Å². The van der Waals surface area contributed by atoms with Gasteiger partial charge in [-0.3, -0.25) is 10.0 Å². The van der Waals surface area contributed by atoms with Crippen LogP contribution in [0.2, 0.25) is 0 Å². The van der Waals surface area contributed by atoms with Crippen molar-refractivity contribution in [1.29, 1.82) is 0 Å². The maximum atomic E-state index is 11.5. The summed E-state index contributed by atoms with van der Waals surface area (Å²) in [6.45, 7) is 0. The van der Waals surface area contributed by atoms with Crippen LogP contribution in [0.4, 0.5) is 0 Å². The van der Waals surface area contributed by atoms with E-state index in [0.717, 1.165) is 11.1 Å². The van der Waals surface area contributed by atoms with Gasteiger partial charge < -0.3 is 14.9 Å². The molecule has 0 unspecified atom stereocenters. The molecule has 3 rings (SSSR count). The Morgan fingerprint density at radius 1 is 0.889 bits per heavy atom. The van der Waals surface area contributed by atoms with Gasteiger partial charge in [-0.25, -0.2) is 5.48 Å². The van der Waals surface area contributed by atoms with Crippen LogP contribution in [0.15, 0.2) is 54.6 Å². The number of hydrogen-bond acceptors (Lipinski definition) is 5. The average molecular weight is 363 g/mol. The molecule has 0 spiro atoms. The van der Waals surface area contributed by atoms with Gasteiger partial charge in [0.2, 0.25) is 0 Å². The van der Waals surface area contributed by atoms with Crippen LogP contribution >= 0.6 is 0 Å². The monoisotopic (exact) mass is 363 g/mol. The second-order valence-electron chi connectivity index (χ2n) is 5.92. The zero-order valence-electron chi connectivity index (χ0n) is 14.2. The van der Waals surface area contributed by atoms with Gasteiger partial charge in [0.05, 0.1) is 0 Å². The fourth-order valence-corrected chi connectivity index (χ4v) is 2.72. The third-order valence-corrected chi connectivity index (χ3v) is 4.12. The van der Waals surface area contributed by atoms with Crippen molar-refractivity contribution in [2.24, 2.45) is 0 Å². The Bertz CT molecular complexity index is 918. The number of amides is 1. The van der Waals surface area contributed by atoms with Gasteiger partial charge in [-0.1, -0.05) is 42.2 Å². The van der Waals surface area contributed by atoms with Crippen molar-refractivity contribution < 1.29 is 25.0 Å². The molecule has 0 aliphatic carbocycles. The summed E-state index contributed by atoms with van der Waals surface area (Å²) >= 11 is 0. The number of rotatable bonds is 2. The lowest BCUT2D eigenvalue weighted by atomic mass is 10.0. The standard InChI is InChI=1S/C21H17NO5/c23-17-18(24)20(21(25)22-26)27-19(17)16-12-10-15(11-13-16)9-5-4-8-14-6-2-1-3-7-14/h1-3,6-7,10-13,17-20,23-24,26H,(H,22,25)/t17-,18+,19-,20+/m0/s1. The molecule has 6 nitrogen and oxygen atoms in total. The van der Waals surface area contributed by atoms with Gasteiger partial charge in [0.25, 0.3) is 5.91 Å². The molecule has 1 aliphatic heterocycles. The molecule has 2 aromatic carbocycles. The average Bonchev–Trinajstić information content (AvgIpc) is 3.01. The largest absolute Gasteiger partial charge is 0.387 e. The predicted octanol–water partition coefficient (Wildman–Crippen LogP) is 0.757. The molecule has 1 saturated heterocycles. The van der Waals surface area contributed by atoms with Crippen molar-refractivity contribution in [3.8, 4) is 23.7 Å². The number of nitrogens with one attached hydrogen (secondary N) is 1. The number of carbonyl (C=O) groups excluding carboxylic acids is 1. The second-order valence-corrected chi connectivity index (χ2v) is 5.92. The molecule has 1 amide bonds. The lowest BCUT2D eigenvalue weighted by Gasteiger charge is -2.14. The van der Waals surface area contributed by atoms with E-state index >= 15 is 0 Å². The minimum atomic E-state index is -1.44. The van der Waals surface area contributed by atoms with Crippen molar-refractivity contribution >= 4 is 5.91 Å². The van der Waals surface area contributed by atoms with Crippen molar-refractivity contribution in [2.75, 3.05) is 0 Å². The smallest absolute Gasteiger partial charge is 0.275 e. The molecule has 0 aromatic heterocycles. The SMILES string of the molecule is O=C(NO)[C@@H]1O[C@@H](c2ccc(C#CC#Cc3ccccc3)cc2)[C@@H](O)[C@H]1O. The quantitative estimate of drug-likeness (QED) is 0.359.